The van der Waals surface area contributed by atoms with E-state index in [4.69, 9.17) is 10.5 Å². The van der Waals surface area contributed by atoms with Crippen LogP contribution >= 0.6 is 0 Å². The Morgan fingerprint density at radius 1 is 1.12 bits per heavy atom. The zero-order valence-corrected chi connectivity index (χ0v) is 19.1. The number of ether oxygens (including phenoxy) is 1. The average Bonchev–Trinajstić information content (AvgIpc) is 3.22. The molecule has 1 saturated heterocycles. The molecule has 1 aromatic heterocycles. The Balaban J connectivity index is 1.32. The molecule has 176 valence electrons. The van der Waals surface area contributed by atoms with Gasteiger partial charge in [-0.1, -0.05) is 55.5 Å². The van der Waals surface area contributed by atoms with E-state index >= 15 is 0 Å². The highest BCUT2D eigenvalue weighted by Crippen LogP contribution is 2.21. The molecule has 1 aliphatic rings. The molecule has 9 heteroatoms. The van der Waals surface area contributed by atoms with Gasteiger partial charge in [0, 0.05) is 25.2 Å². The summed E-state index contributed by atoms with van der Waals surface area (Å²) in [6, 6.07) is 17.8. The molecule has 3 N–H and O–H groups in total. The largest absolute Gasteiger partial charge is 0.457 e. The molecular formula is C25H28N6O3. The summed E-state index contributed by atoms with van der Waals surface area (Å²) in [5.41, 5.74) is 8.97. The number of carbonyl (C=O) groups is 2. The van der Waals surface area contributed by atoms with Crippen LogP contribution in [0.5, 0.6) is 0 Å². The third kappa shape index (κ3) is 5.86. The Morgan fingerprint density at radius 2 is 1.88 bits per heavy atom. The zero-order chi connectivity index (χ0) is 23.9. The van der Waals surface area contributed by atoms with Crippen molar-refractivity contribution >= 4 is 29.5 Å². The SMILES string of the molecule is CCc1ccccc1Nc1nc(N)nc(COC(=O)[C@H]2CC(=O)N(CCc3ccccc3)C2)n1. The first-order valence-corrected chi connectivity index (χ1v) is 11.4. The lowest BCUT2D eigenvalue weighted by atomic mass is 10.1. The van der Waals surface area contributed by atoms with E-state index in [1.165, 1.54) is 0 Å². The summed E-state index contributed by atoms with van der Waals surface area (Å²) in [5, 5.41) is 3.15. The molecule has 2 heterocycles. The van der Waals surface area contributed by atoms with Crippen LogP contribution in [0.3, 0.4) is 0 Å². The number of nitrogens with two attached hydrogens (primary N) is 1. The Hall–Kier alpha value is -4.01. The number of amides is 1. The molecule has 34 heavy (non-hydrogen) atoms. The molecule has 0 saturated carbocycles. The van der Waals surface area contributed by atoms with Gasteiger partial charge in [-0.25, -0.2) is 0 Å². The van der Waals surface area contributed by atoms with Crippen molar-refractivity contribution in [2.45, 2.75) is 32.8 Å². The minimum absolute atomic E-state index is 0.0284. The van der Waals surface area contributed by atoms with E-state index in [1.807, 2.05) is 54.6 Å². The van der Waals surface area contributed by atoms with Crippen LogP contribution in [-0.2, 0) is 33.8 Å². The number of hydrogen-bond donors (Lipinski definition) is 2. The Labute approximate surface area is 198 Å². The van der Waals surface area contributed by atoms with Gasteiger partial charge in [0.15, 0.2) is 12.4 Å². The summed E-state index contributed by atoms with van der Waals surface area (Å²) < 4.78 is 5.42. The van der Waals surface area contributed by atoms with Crippen LogP contribution in [0.15, 0.2) is 54.6 Å². The van der Waals surface area contributed by atoms with Gasteiger partial charge < -0.3 is 20.7 Å². The third-order valence-electron chi connectivity index (χ3n) is 5.75. The second-order valence-electron chi connectivity index (χ2n) is 8.15. The summed E-state index contributed by atoms with van der Waals surface area (Å²) in [7, 11) is 0. The van der Waals surface area contributed by atoms with Gasteiger partial charge in [-0.2, -0.15) is 15.0 Å². The molecule has 1 aliphatic heterocycles. The molecule has 0 bridgehead atoms. The molecule has 9 nitrogen and oxygen atoms in total. The highest BCUT2D eigenvalue weighted by atomic mass is 16.5. The number of likely N-dealkylation sites (tertiary alicyclic amines) is 1. The summed E-state index contributed by atoms with van der Waals surface area (Å²) in [6.45, 7) is 2.84. The minimum Gasteiger partial charge on any atom is -0.457 e. The maximum Gasteiger partial charge on any atom is 0.311 e. The first kappa shape index (κ1) is 23.2. The van der Waals surface area contributed by atoms with Crippen molar-refractivity contribution in [3.05, 3.63) is 71.5 Å². The van der Waals surface area contributed by atoms with Crippen molar-refractivity contribution in [1.29, 1.82) is 0 Å². The molecule has 0 unspecified atom stereocenters. The second kappa shape index (κ2) is 10.7. The van der Waals surface area contributed by atoms with Crippen molar-refractivity contribution in [3.63, 3.8) is 0 Å². The number of nitrogens with one attached hydrogen (secondary N) is 1. The Kier molecular flexibility index (Phi) is 7.31. The van der Waals surface area contributed by atoms with Crippen molar-refractivity contribution in [3.8, 4) is 0 Å². The monoisotopic (exact) mass is 460 g/mol. The number of benzene rings is 2. The van der Waals surface area contributed by atoms with Crippen LogP contribution in [0.4, 0.5) is 17.6 Å². The van der Waals surface area contributed by atoms with Gasteiger partial charge in [-0.15, -0.1) is 0 Å². The number of aromatic nitrogens is 3. The van der Waals surface area contributed by atoms with Gasteiger partial charge in [0.25, 0.3) is 0 Å². The average molecular weight is 461 g/mol. The fraction of sp³-hybridized carbons (Fsp3) is 0.320. The molecular weight excluding hydrogens is 432 g/mol. The minimum atomic E-state index is -0.503. The number of rotatable bonds is 9. The number of hydrogen-bond acceptors (Lipinski definition) is 8. The van der Waals surface area contributed by atoms with Gasteiger partial charge >= 0.3 is 5.97 Å². The lowest BCUT2D eigenvalue weighted by molar-refractivity contribution is -0.150. The van der Waals surface area contributed by atoms with Gasteiger partial charge in [0.2, 0.25) is 17.8 Å². The zero-order valence-electron chi connectivity index (χ0n) is 19.1. The normalized spacial score (nSPS) is 15.4. The van der Waals surface area contributed by atoms with E-state index in [9.17, 15) is 9.59 Å². The molecule has 3 aromatic rings. The Bertz CT molecular complexity index is 1150. The molecule has 0 aliphatic carbocycles. The quantitative estimate of drug-likeness (QED) is 0.467. The maximum atomic E-state index is 12.6. The highest BCUT2D eigenvalue weighted by Gasteiger charge is 2.35. The topological polar surface area (TPSA) is 123 Å². The van der Waals surface area contributed by atoms with E-state index in [0.29, 0.717) is 13.1 Å². The van der Waals surface area contributed by atoms with Crippen molar-refractivity contribution in [2.75, 3.05) is 24.1 Å². The predicted octanol–water partition coefficient (Wildman–Crippen LogP) is 2.89. The first-order chi connectivity index (χ1) is 16.5. The van der Waals surface area contributed by atoms with Crippen LogP contribution in [0.2, 0.25) is 0 Å². The van der Waals surface area contributed by atoms with Gasteiger partial charge in [-0.3, -0.25) is 9.59 Å². The highest BCUT2D eigenvalue weighted by molar-refractivity contribution is 5.86. The molecule has 0 spiro atoms. The molecule has 4 rings (SSSR count). The van der Waals surface area contributed by atoms with Crippen LogP contribution < -0.4 is 11.1 Å². The molecule has 1 fully saturated rings. The maximum absolute atomic E-state index is 12.6. The van der Waals surface area contributed by atoms with E-state index in [2.05, 4.69) is 27.2 Å². The molecule has 1 atom stereocenters. The molecule has 2 aromatic carbocycles. The molecule has 1 amide bonds. The summed E-state index contributed by atoms with van der Waals surface area (Å²) >= 11 is 0. The lowest BCUT2D eigenvalue weighted by Gasteiger charge is -2.16. The number of nitrogen functional groups attached to an aromatic ring is 1. The number of aryl methyl sites for hydroxylation is 1. The number of nitrogens with zero attached hydrogens (tertiary/aromatic N) is 4. The second-order valence-corrected chi connectivity index (χ2v) is 8.15. The van der Waals surface area contributed by atoms with Crippen molar-refractivity contribution in [2.24, 2.45) is 5.92 Å². The summed E-state index contributed by atoms with van der Waals surface area (Å²) in [6.07, 6.45) is 1.74. The first-order valence-electron chi connectivity index (χ1n) is 11.4. The number of para-hydroxylation sites is 1. The van der Waals surface area contributed by atoms with Crippen LogP contribution in [-0.4, -0.2) is 44.8 Å². The number of carbonyl (C=O) groups excluding carboxylic acids is 2. The standard InChI is InChI=1S/C25H28N6O3/c1-2-18-10-6-7-11-20(18)27-25-29-21(28-24(26)30-25)16-34-23(33)19-14-22(32)31(15-19)13-12-17-8-4-3-5-9-17/h3-11,19H,2,12-16H2,1H3,(H3,26,27,28,29,30)/t19-/m0/s1. The van der Waals surface area contributed by atoms with E-state index in [-0.39, 0.29) is 36.7 Å². The van der Waals surface area contributed by atoms with E-state index in [0.717, 1.165) is 29.7 Å². The van der Waals surface area contributed by atoms with Gasteiger partial charge in [-0.05, 0) is 30.0 Å². The predicted molar refractivity (Wildman–Crippen MR) is 128 cm³/mol. The number of anilines is 3. The van der Waals surface area contributed by atoms with Crippen LogP contribution in [0, 0.1) is 5.92 Å². The van der Waals surface area contributed by atoms with E-state index < -0.39 is 11.9 Å². The van der Waals surface area contributed by atoms with E-state index in [1.54, 1.807) is 4.90 Å². The van der Waals surface area contributed by atoms with Crippen LogP contribution in [0.1, 0.15) is 30.3 Å². The smallest absolute Gasteiger partial charge is 0.311 e. The third-order valence-corrected chi connectivity index (χ3v) is 5.75. The molecule has 0 radical (unpaired) electrons. The van der Waals surface area contributed by atoms with Crippen molar-refractivity contribution in [1.82, 2.24) is 19.9 Å². The fourth-order valence-corrected chi connectivity index (χ4v) is 3.94. The summed E-state index contributed by atoms with van der Waals surface area (Å²) in [4.78, 5) is 39.2. The Morgan fingerprint density at radius 3 is 2.68 bits per heavy atom. The number of esters is 1. The van der Waals surface area contributed by atoms with Crippen molar-refractivity contribution < 1.29 is 14.3 Å². The van der Waals surface area contributed by atoms with Crippen LogP contribution in [0.25, 0.3) is 0 Å². The van der Waals surface area contributed by atoms with Gasteiger partial charge in [0.05, 0.1) is 5.92 Å². The summed E-state index contributed by atoms with van der Waals surface area (Å²) in [5.74, 6) is -0.439. The fourth-order valence-electron chi connectivity index (χ4n) is 3.94. The van der Waals surface area contributed by atoms with Gasteiger partial charge in [0.1, 0.15) is 0 Å². The lowest BCUT2D eigenvalue weighted by Crippen LogP contribution is -2.29.